The number of oxazole rings is 1. The molecule has 1 aliphatic heterocycles. The summed E-state index contributed by atoms with van der Waals surface area (Å²) in [6, 6.07) is 0. The van der Waals surface area contributed by atoms with Gasteiger partial charge in [-0.05, 0) is 14.0 Å². The van der Waals surface area contributed by atoms with Gasteiger partial charge in [-0.2, -0.15) is 0 Å². The molecule has 0 spiro atoms. The highest BCUT2D eigenvalue weighted by Gasteiger charge is 2.15. The van der Waals surface area contributed by atoms with E-state index >= 15 is 0 Å². The summed E-state index contributed by atoms with van der Waals surface area (Å²) in [6.07, 6.45) is 1.78. The van der Waals surface area contributed by atoms with Crippen LogP contribution in [-0.4, -0.2) is 48.0 Å². The molecule has 0 atom stereocenters. The van der Waals surface area contributed by atoms with Crippen LogP contribution in [0, 0.1) is 6.92 Å². The average Bonchev–Trinajstić information content (AvgIpc) is 2.56. The molecule has 0 amide bonds. The molecule has 0 saturated carbocycles. The molecule has 4 heteroatoms. The number of aryl methyl sites for hydroxylation is 1. The highest BCUT2D eigenvalue weighted by Crippen LogP contribution is 2.07. The number of hydrogen-bond donors (Lipinski definition) is 0. The summed E-state index contributed by atoms with van der Waals surface area (Å²) in [7, 11) is 2.16. The SMILES string of the molecule is Cc1cnc(CN2CCN(C)CC2)o1. The molecule has 1 saturated heterocycles. The van der Waals surface area contributed by atoms with Crippen LogP contribution in [-0.2, 0) is 6.54 Å². The molecule has 1 aliphatic rings. The van der Waals surface area contributed by atoms with Gasteiger partial charge in [0, 0.05) is 26.2 Å². The average molecular weight is 195 g/mol. The minimum atomic E-state index is 0.840. The maximum atomic E-state index is 5.45. The van der Waals surface area contributed by atoms with Crippen LogP contribution in [0.1, 0.15) is 11.7 Å². The van der Waals surface area contributed by atoms with Crippen molar-refractivity contribution in [2.24, 2.45) is 0 Å². The maximum absolute atomic E-state index is 5.45. The van der Waals surface area contributed by atoms with Crippen molar-refractivity contribution in [3.63, 3.8) is 0 Å². The number of aromatic nitrogens is 1. The molecular weight excluding hydrogens is 178 g/mol. The molecule has 0 bridgehead atoms. The monoisotopic (exact) mass is 195 g/mol. The van der Waals surface area contributed by atoms with Crippen LogP contribution in [0.5, 0.6) is 0 Å². The van der Waals surface area contributed by atoms with Crippen LogP contribution < -0.4 is 0 Å². The number of likely N-dealkylation sites (N-methyl/N-ethyl adjacent to an activating group) is 1. The van der Waals surface area contributed by atoms with Crippen molar-refractivity contribution < 1.29 is 4.42 Å². The van der Waals surface area contributed by atoms with E-state index in [9.17, 15) is 0 Å². The lowest BCUT2D eigenvalue weighted by Crippen LogP contribution is -2.43. The molecular formula is C10H17N3O. The van der Waals surface area contributed by atoms with E-state index in [1.54, 1.807) is 6.20 Å². The normalized spacial score (nSPS) is 20.1. The van der Waals surface area contributed by atoms with Crippen LogP contribution in [0.3, 0.4) is 0 Å². The summed E-state index contributed by atoms with van der Waals surface area (Å²) in [5, 5.41) is 0. The lowest BCUT2D eigenvalue weighted by atomic mass is 10.3. The standard InChI is InChI=1S/C10H17N3O/c1-9-7-11-10(14-9)8-13-5-3-12(2)4-6-13/h7H,3-6,8H2,1-2H3. The molecule has 78 valence electrons. The first-order valence-electron chi connectivity index (χ1n) is 5.06. The minimum absolute atomic E-state index is 0.840. The number of rotatable bonds is 2. The zero-order chi connectivity index (χ0) is 9.97. The van der Waals surface area contributed by atoms with Crippen molar-refractivity contribution in [1.82, 2.24) is 14.8 Å². The molecule has 14 heavy (non-hydrogen) atoms. The molecule has 0 unspecified atom stereocenters. The van der Waals surface area contributed by atoms with E-state index in [4.69, 9.17) is 4.42 Å². The van der Waals surface area contributed by atoms with Gasteiger partial charge in [-0.25, -0.2) is 4.98 Å². The molecule has 1 aromatic heterocycles. The largest absolute Gasteiger partial charge is 0.445 e. The Morgan fingerprint density at radius 1 is 1.36 bits per heavy atom. The summed E-state index contributed by atoms with van der Waals surface area (Å²) < 4.78 is 5.45. The van der Waals surface area contributed by atoms with E-state index < -0.39 is 0 Å². The second kappa shape index (κ2) is 4.11. The first-order valence-corrected chi connectivity index (χ1v) is 5.06. The fourth-order valence-electron chi connectivity index (χ4n) is 1.67. The summed E-state index contributed by atoms with van der Waals surface area (Å²) in [4.78, 5) is 8.93. The van der Waals surface area contributed by atoms with E-state index in [2.05, 4.69) is 21.8 Å². The van der Waals surface area contributed by atoms with Crippen LogP contribution >= 0.6 is 0 Å². The Hall–Kier alpha value is -0.870. The number of piperazine rings is 1. The third kappa shape index (κ3) is 2.33. The summed E-state index contributed by atoms with van der Waals surface area (Å²) >= 11 is 0. The van der Waals surface area contributed by atoms with E-state index in [-0.39, 0.29) is 0 Å². The van der Waals surface area contributed by atoms with Gasteiger partial charge in [0.05, 0.1) is 12.7 Å². The predicted molar refractivity (Wildman–Crippen MR) is 54.0 cm³/mol. The predicted octanol–water partition coefficient (Wildman–Crippen LogP) is 0.730. The zero-order valence-electron chi connectivity index (χ0n) is 8.86. The molecule has 0 aliphatic carbocycles. The topological polar surface area (TPSA) is 32.5 Å². The summed E-state index contributed by atoms with van der Waals surface area (Å²) in [5.41, 5.74) is 0. The second-order valence-corrected chi connectivity index (χ2v) is 3.94. The molecule has 1 fully saturated rings. The maximum Gasteiger partial charge on any atom is 0.208 e. The lowest BCUT2D eigenvalue weighted by Gasteiger charge is -2.31. The van der Waals surface area contributed by atoms with Gasteiger partial charge in [0.1, 0.15) is 5.76 Å². The van der Waals surface area contributed by atoms with Crippen LogP contribution in [0.15, 0.2) is 10.6 Å². The van der Waals surface area contributed by atoms with E-state index in [1.165, 1.54) is 0 Å². The molecule has 2 rings (SSSR count). The van der Waals surface area contributed by atoms with Gasteiger partial charge in [0.25, 0.3) is 0 Å². The number of hydrogen-bond acceptors (Lipinski definition) is 4. The summed E-state index contributed by atoms with van der Waals surface area (Å²) in [6.45, 7) is 7.28. The van der Waals surface area contributed by atoms with E-state index in [0.717, 1.165) is 44.4 Å². The lowest BCUT2D eigenvalue weighted by molar-refractivity contribution is 0.138. The first-order chi connectivity index (χ1) is 6.74. The Morgan fingerprint density at radius 2 is 2.07 bits per heavy atom. The van der Waals surface area contributed by atoms with E-state index in [1.807, 2.05) is 6.92 Å². The van der Waals surface area contributed by atoms with Crippen LogP contribution in [0.25, 0.3) is 0 Å². The van der Waals surface area contributed by atoms with Crippen molar-refractivity contribution in [3.8, 4) is 0 Å². The van der Waals surface area contributed by atoms with Crippen molar-refractivity contribution in [2.75, 3.05) is 33.2 Å². The van der Waals surface area contributed by atoms with Gasteiger partial charge >= 0.3 is 0 Å². The van der Waals surface area contributed by atoms with Crippen LogP contribution in [0.2, 0.25) is 0 Å². The van der Waals surface area contributed by atoms with E-state index in [0.29, 0.717) is 0 Å². The Balaban J connectivity index is 1.86. The third-order valence-electron chi connectivity index (χ3n) is 2.62. The summed E-state index contributed by atoms with van der Waals surface area (Å²) in [5.74, 6) is 1.74. The fourth-order valence-corrected chi connectivity index (χ4v) is 1.67. The Labute approximate surface area is 84.5 Å². The molecule has 2 heterocycles. The Bertz CT molecular complexity index is 289. The first kappa shape index (κ1) is 9.68. The second-order valence-electron chi connectivity index (χ2n) is 3.94. The van der Waals surface area contributed by atoms with Crippen molar-refractivity contribution in [3.05, 3.63) is 17.8 Å². The minimum Gasteiger partial charge on any atom is -0.445 e. The molecule has 0 N–H and O–H groups in total. The van der Waals surface area contributed by atoms with Crippen LogP contribution in [0.4, 0.5) is 0 Å². The van der Waals surface area contributed by atoms with Gasteiger partial charge in [0.2, 0.25) is 5.89 Å². The molecule has 4 nitrogen and oxygen atoms in total. The molecule has 0 aromatic carbocycles. The van der Waals surface area contributed by atoms with Gasteiger partial charge in [0.15, 0.2) is 0 Å². The molecule has 0 radical (unpaired) electrons. The Kier molecular flexibility index (Phi) is 2.84. The fraction of sp³-hybridized carbons (Fsp3) is 0.700. The van der Waals surface area contributed by atoms with Crippen molar-refractivity contribution in [2.45, 2.75) is 13.5 Å². The third-order valence-corrected chi connectivity index (χ3v) is 2.62. The zero-order valence-corrected chi connectivity index (χ0v) is 8.86. The quantitative estimate of drug-likeness (QED) is 0.696. The smallest absolute Gasteiger partial charge is 0.208 e. The highest BCUT2D eigenvalue weighted by atomic mass is 16.4. The highest BCUT2D eigenvalue weighted by molar-refractivity contribution is 4.91. The van der Waals surface area contributed by atoms with Gasteiger partial charge in [-0.3, -0.25) is 4.90 Å². The number of nitrogens with zero attached hydrogens (tertiary/aromatic N) is 3. The van der Waals surface area contributed by atoms with Crippen molar-refractivity contribution in [1.29, 1.82) is 0 Å². The molecule has 1 aromatic rings. The Morgan fingerprint density at radius 3 is 2.64 bits per heavy atom. The van der Waals surface area contributed by atoms with Gasteiger partial charge in [-0.1, -0.05) is 0 Å². The van der Waals surface area contributed by atoms with Crippen molar-refractivity contribution >= 4 is 0 Å². The van der Waals surface area contributed by atoms with Gasteiger partial charge < -0.3 is 9.32 Å². The van der Waals surface area contributed by atoms with Gasteiger partial charge in [-0.15, -0.1) is 0 Å².